The Morgan fingerprint density at radius 2 is 1.41 bits per heavy atom. The lowest BCUT2D eigenvalue weighted by Crippen LogP contribution is -2.50. The Kier molecular flexibility index (Phi) is 17.7. The molecule has 0 aliphatic heterocycles. The van der Waals surface area contributed by atoms with Gasteiger partial charge >= 0.3 is 5.97 Å². The molecule has 10 nitrogen and oxygen atoms in total. The molecule has 4 amide bonds. The van der Waals surface area contributed by atoms with Gasteiger partial charge in [0.1, 0.15) is 12.6 Å². The molecular weight excluding hydrogens is 400 g/mol. The van der Waals surface area contributed by atoms with Crippen molar-refractivity contribution in [3.8, 4) is 0 Å². The van der Waals surface area contributed by atoms with Gasteiger partial charge < -0.3 is 26.0 Å². The second-order valence-corrected chi connectivity index (χ2v) is 6.83. The van der Waals surface area contributed by atoms with E-state index in [0.29, 0.717) is 12.2 Å². The fourth-order valence-corrected chi connectivity index (χ4v) is 2.15. The number of methoxy groups -OCH3 is 1. The summed E-state index contributed by atoms with van der Waals surface area (Å²) in [4.78, 5) is 58.1. The normalized spacial score (nSPS) is 10.7. The Bertz CT molecular complexity index is 560. The SMILES string of the molecule is CC.COC(=O)CNC(=O)CNC(=O)CNC(=O)[C@H](CCSC)NC(=O)C(C)C.[HH].[HH].[HH].[HH]. The molecule has 0 aliphatic rings. The third-order valence-corrected chi connectivity index (χ3v) is 3.94. The number of rotatable bonds is 12. The van der Waals surface area contributed by atoms with E-state index in [1.807, 2.05) is 20.1 Å². The fourth-order valence-electron chi connectivity index (χ4n) is 1.68. The molecule has 29 heavy (non-hydrogen) atoms. The summed E-state index contributed by atoms with van der Waals surface area (Å²) < 4.78 is 4.36. The lowest BCUT2D eigenvalue weighted by atomic mass is 10.1. The molecule has 0 fully saturated rings. The summed E-state index contributed by atoms with van der Waals surface area (Å²) in [6.07, 6.45) is 2.32. The first kappa shape index (κ1) is 28.9. The molecule has 0 aromatic rings. The Hall–Kier alpha value is -2.30. The highest BCUT2D eigenvalue weighted by Gasteiger charge is 2.22. The standard InChI is InChI=1S/C16H28N4O6S.C2H6.4H2/c1-10(2)15(24)20-11(5-6-27-4)16(25)19-8-13(22)17-7-12(21)18-9-14(23)26-3;1-2;;;;/h10-11H,5-9H2,1-4H3,(H,17,22)(H,18,21)(H,19,25)(H,20,24);1-2H3;4*1H/t11-;;;;;/m0...../s1. The van der Waals surface area contributed by atoms with Crippen LogP contribution in [0.15, 0.2) is 0 Å². The first-order chi connectivity index (χ1) is 13.7. The van der Waals surface area contributed by atoms with Crippen LogP contribution in [0.2, 0.25) is 0 Å². The van der Waals surface area contributed by atoms with Crippen LogP contribution in [-0.4, -0.2) is 74.4 Å². The Labute approximate surface area is 182 Å². The van der Waals surface area contributed by atoms with Gasteiger partial charge in [-0.3, -0.25) is 24.0 Å². The fraction of sp³-hybridized carbons (Fsp3) is 0.722. The summed E-state index contributed by atoms with van der Waals surface area (Å²) in [7, 11) is 1.19. The number of ether oxygens (including phenoxy) is 1. The molecule has 4 N–H and O–H groups in total. The second-order valence-electron chi connectivity index (χ2n) is 5.84. The van der Waals surface area contributed by atoms with Crippen molar-refractivity contribution >= 4 is 41.4 Å². The smallest absolute Gasteiger partial charge is 0.325 e. The molecule has 176 valence electrons. The third-order valence-electron chi connectivity index (χ3n) is 3.29. The minimum absolute atomic E-state index is 0. The summed E-state index contributed by atoms with van der Waals surface area (Å²) in [6.45, 7) is 6.46. The number of amides is 4. The van der Waals surface area contributed by atoms with Gasteiger partial charge in [0.05, 0.1) is 20.2 Å². The van der Waals surface area contributed by atoms with E-state index in [4.69, 9.17) is 0 Å². The Morgan fingerprint density at radius 1 is 0.897 bits per heavy atom. The molecule has 0 aromatic carbocycles. The van der Waals surface area contributed by atoms with E-state index in [1.165, 1.54) is 18.9 Å². The van der Waals surface area contributed by atoms with Crippen molar-refractivity contribution in [2.24, 2.45) is 5.92 Å². The molecule has 0 saturated carbocycles. The van der Waals surface area contributed by atoms with Crippen LogP contribution >= 0.6 is 11.8 Å². The van der Waals surface area contributed by atoms with Crippen molar-refractivity contribution < 1.29 is 34.4 Å². The van der Waals surface area contributed by atoms with Gasteiger partial charge in [-0.25, -0.2) is 0 Å². The number of esters is 1. The van der Waals surface area contributed by atoms with Gasteiger partial charge in [0, 0.05) is 11.6 Å². The van der Waals surface area contributed by atoms with Crippen molar-refractivity contribution in [2.45, 2.75) is 40.2 Å². The number of nitrogens with one attached hydrogen (secondary N) is 4. The monoisotopic (exact) mass is 442 g/mol. The number of carbonyl (C=O) groups is 5. The van der Waals surface area contributed by atoms with Crippen LogP contribution in [0.5, 0.6) is 0 Å². The lowest BCUT2D eigenvalue weighted by molar-refractivity contribution is -0.141. The van der Waals surface area contributed by atoms with E-state index < -0.39 is 29.7 Å². The summed E-state index contributed by atoms with van der Waals surface area (Å²) in [5.74, 6) is -2.06. The van der Waals surface area contributed by atoms with E-state index >= 15 is 0 Å². The number of thioether (sulfide) groups is 1. The molecule has 0 bridgehead atoms. The Balaban J connectivity index is -0.000000295. The number of hydrogen-bond donors (Lipinski definition) is 4. The molecule has 0 heterocycles. The summed E-state index contributed by atoms with van der Waals surface area (Å²) in [6, 6.07) is -0.733. The van der Waals surface area contributed by atoms with Crippen molar-refractivity contribution in [1.82, 2.24) is 21.3 Å². The molecule has 0 spiro atoms. The van der Waals surface area contributed by atoms with Crippen molar-refractivity contribution in [3.05, 3.63) is 0 Å². The van der Waals surface area contributed by atoms with Crippen LogP contribution < -0.4 is 21.3 Å². The molecule has 0 unspecified atom stereocenters. The van der Waals surface area contributed by atoms with Crippen molar-refractivity contribution in [3.63, 3.8) is 0 Å². The minimum Gasteiger partial charge on any atom is -0.468 e. The highest BCUT2D eigenvalue weighted by molar-refractivity contribution is 7.98. The van der Waals surface area contributed by atoms with Crippen molar-refractivity contribution in [1.29, 1.82) is 0 Å². The molecule has 0 saturated heterocycles. The summed E-state index contributed by atoms with van der Waals surface area (Å²) in [5.41, 5.74) is 0. The molecule has 0 radical (unpaired) electrons. The molecular formula is C18H42N4O6S. The quantitative estimate of drug-likeness (QED) is 0.321. The van der Waals surface area contributed by atoms with Crippen LogP contribution in [0, 0.1) is 5.92 Å². The van der Waals surface area contributed by atoms with E-state index in [0.717, 1.165) is 0 Å². The van der Waals surface area contributed by atoms with Crippen LogP contribution in [0.1, 0.15) is 39.8 Å². The summed E-state index contributed by atoms with van der Waals surface area (Å²) >= 11 is 1.54. The van der Waals surface area contributed by atoms with E-state index in [2.05, 4.69) is 26.0 Å². The van der Waals surface area contributed by atoms with Crippen LogP contribution in [-0.2, 0) is 28.7 Å². The maximum absolute atomic E-state index is 12.2. The van der Waals surface area contributed by atoms with Crippen LogP contribution in [0.3, 0.4) is 0 Å². The highest BCUT2D eigenvalue weighted by atomic mass is 32.2. The molecule has 0 aromatic heterocycles. The van der Waals surface area contributed by atoms with Crippen LogP contribution in [0.4, 0.5) is 0 Å². The van der Waals surface area contributed by atoms with Gasteiger partial charge in [0.15, 0.2) is 0 Å². The summed E-state index contributed by atoms with van der Waals surface area (Å²) in [5, 5.41) is 9.67. The molecule has 0 rings (SSSR count). The second kappa shape index (κ2) is 17.8. The van der Waals surface area contributed by atoms with E-state index in [-0.39, 0.29) is 37.2 Å². The first-order valence-corrected chi connectivity index (χ1v) is 10.8. The van der Waals surface area contributed by atoms with E-state index in [1.54, 1.807) is 13.8 Å². The van der Waals surface area contributed by atoms with Gasteiger partial charge in [-0.05, 0) is 18.4 Å². The predicted molar refractivity (Wildman–Crippen MR) is 121 cm³/mol. The molecule has 1 atom stereocenters. The van der Waals surface area contributed by atoms with Crippen LogP contribution in [0.25, 0.3) is 0 Å². The van der Waals surface area contributed by atoms with Gasteiger partial charge in [-0.1, -0.05) is 27.7 Å². The van der Waals surface area contributed by atoms with Crippen molar-refractivity contribution in [2.75, 3.05) is 38.8 Å². The average Bonchev–Trinajstić information content (AvgIpc) is 2.72. The van der Waals surface area contributed by atoms with Gasteiger partial charge in [0.25, 0.3) is 0 Å². The largest absolute Gasteiger partial charge is 0.468 e. The first-order valence-electron chi connectivity index (χ1n) is 9.38. The van der Waals surface area contributed by atoms with Gasteiger partial charge in [-0.15, -0.1) is 0 Å². The van der Waals surface area contributed by atoms with Gasteiger partial charge in [-0.2, -0.15) is 11.8 Å². The minimum atomic E-state index is -0.733. The maximum Gasteiger partial charge on any atom is 0.325 e. The average molecular weight is 443 g/mol. The zero-order valence-corrected chi connectivity index (χ0v) is 18.9. The Morgan fingerprint density at radius 3 is 1.90 bits per heavy atom. The zero-order valence-electron chi connectivity index (χ0n) is 18.0. The lowest BCUT2D eigenvalue weighted by Gasteiger charge is -2.19. The number of hydrogen-bond acceptors (Lipinski definition) is 7. The molecule has 0 aliphatic carbocycles. The van der Waals surface area contributed by atoms with Gasteiger partial charge in [0.2, 0.25) is 23.6 Å². The maximum atomic E-state index is 12.2. The highest BCUT2D eigenvalue weighted by Crippen LogP contribution is 2.03. The topological polar surface area (TPSA) is 143 Å². The van der Waals surface area contributed by atoms with E-state index in [9.17, 15) is 24.0 Å². The zero-order chi connectivity index (χ0) is 22.8. The molecule has 11 heteroatoms. The third kappa shape index (κ3) is 15.3. The predicted octanol–water partition coefficient (Wildman–Crippen LogP) is 0.412. The number of carbonyl (C=O) groups excluding carboxylic acids is 5.